The van der Waals surface area contributed by atoms with Crippen molar-refractivity contribution >= 4 is 22.5 Å². The summed E-state index contributed by atoms with van der Waals surface area (Å²) in [6.07, 6.45) is 4.44. The van der Waals surface area contributed by atoms with Crippen molar-refractivity contribution in [3.05, 3.63) is 168 Å². The summed E-state index contributed by atoms with van der Waals surface area (Å²) in [5.74, 6) is 2.55. The normalized spacial score (nSPS) is 18.3. The van der Waals surface area contributed by atoms with Crippen molar-refractivity contribution in [2.75, 3.05) is 31.2 Å². The maximum Gasteiger partial charge on any atom is 0.212 e. The minimum Gasteiger partial charge on any atom is -0.469 e. The zero-order valence-electron chi connectivity index (χ0n) is 29.8. The number of ether oxygens (including phenoxy) is 2. The summed E-state index contributed by atoms with van der Waals surface area (Å²) in [5, 5.41) is 2.24. The van der Waals surface area contributed by atoms with E-state index >= 15 is 0 Å². The van der Waals surface area contributed by atoms with E-state index < -0.39 is 5.60 Å². The molecule has 6 nitrogen and oxygen atoms in total. The van der Waals surface area contributed by atoms with Crippen molar-refractivity contribution in [3.63, 3.8) is 0 Å². The van der Waals surface area contributed by atoms with Gasteiger partial charge in [0.1, 0.15) is 5.75 Å². The molecule has 2 aliphatic heterocycles. The van der Waals surface area contributed by atoms with E-state index in [4.69, 9.17) is 24.4 Å². The Kier molecular flexibility index (Phi) is 7.31. The van der Waals surface area contributed by atoms with E-state index in [0.717, 1.165) is 65.4 Å². The fourth-order valence-corrected chi connectivity index (χ4v) is 8.52. The maximum absolute atomic E-state index is 7.62. The van der Waals surface area contributed by atoms with Crippen molar-refractivity contribution in [1.29, 1.82) is 0 Å². The average Bonchev–Trinajstić information content (AvgIpc) is 3.48. The van der Waals surface area contributed by atoms with E-state index in [9.17, 15) is 0 Å². The summed E-state index contributed by atoms with van der Waals surface area (Å²) < 4.78 is 13.3. The van der Waals surface area contributed by atoms with Crippen LogP contribution in [-0.4, -0.2) is 41.3 Å². The molecule has 1 aromatic heterocycles. The maximum atomic E-state index is 7.62. The molecular formula is C47H38N4O2. The highest BCUT2D eigenvalue weighted by Gasteiger charge is 2.46. The zero-order chi connectivity index (χ0) is 35.6. The number of hydrogen-bond acceptors (Lipinski definition) is 6. The molecule has 7 aromatic rings. The molecule has 1 aliphatic carbocycles. The van der Waals surface area contributed by atoms with Crippen LogP contribution in [0.25, 0.3) is 50.8 Å². The number of nitrogens with zero attached hydrogens (tertiary/aromatic N) is 4. The van der Waals surface area contributed by atoms with Gasteiger partial charge in [0.25, 0.3) is 0 Å². The SMILES string of the molecule is CC1(C)c2ccccc2-c2c1c1c(c3ccccc23)OC(c2ccc(N3CCOCC3)cc2)(c2nc(-c3ccccc3)nc(-c3ccccc3)n2)C=C1. The van der Waals surface area contributed by atoms with E-state index in [1.54, 1.807) is 0 Å². The second kappa shape index (κ2) is 12.2. The fraction of sp³-hybridized carbons (Fsp3) is 0.170. The lowest BCUT2D eigenvalue weighted by Crippen LogP contribution is -2.38. The third-order valence-electron chi connectivity index (χ3n) is 11.2. The molecule has 3 aliphatic rings. The molecule has 6 heteroatoms. The first-order chi connectivity index (χ1) is 26.0. The van der Waals surface area contributed by atoms with Gasteiger partial charge in [0.2, 0.25) is 5.60 Å². The number of fused-ring (bicyclic) bond motifs is 8. The lowest BCUT2D eigenvalue weighted by molar-refractivity contribution is 0.122. The van der Waals surface area contributed by atoms with Gasteiger partial charge in [0.15, 0.2) is 17.5 Å². The average molecular weight is 691 g/mol. The lowest BCUT2D eigenvalue weighted by atomic mass is 9.77. The highest BCUT2D eigenvalue weighted by Crippen LogP contribution is 2.58. The van der Waals surface area contributed by atoms with Gasteiger partial charge in [0, 0.05) is 51.8 Å². The predicted molar refractivity (Wildman–Crippen MR) is 212 cm³/mol. The number of benzene rings is 6. The summed E-state index contributed by atoms with van der Waals surface area (Å²) in [6, 6.07) is 46.4. The molecule has 3 heterocycles. The number of hydrogen-bond donors (Lipinski definition) is 0. The molecule has 53 heavy (non-hydrogen) atoms. The van der Waals surface area contributed by atoms with Gasteiger partial charge in [-0.05, 0) is 45.8 Å². The molecule has 1 unspecified atom stereocenters. The van der Waals surface area contributed by atoms with Crippen LogP contribution < -0.4 is 9.64 Å². The van der Waals surface area contributed by atoms with Crippen molar-refractivity contribution in [2.24, 2.45) is 0 Å². The first kappa shape index (κ1) is 31.6. The van der Waals surface area contributed by atoms with Gasteiger partial charge in [-0.25, -0.2) is 15.0 Å². The summed E-state index contributed by atoms with van der Waals surface area (Å²) >= 11 is 0. The minimum atomic E-state index is -1.17. The van der Waals surface area contributed by atoms with E-state index in [0.29, 0.717) is 17.5 Å². The fourth-order valence-electron chi connectivity index (χ4n) is 8.52. The molecular weight excluding hydrogens is 653 g/mol. The summed E-state index contributed by atoms with van der Waals surface area (Å²) in [4.78, 5) is 17.9. The van der Waals surface area contributed by atoms with Crippen LogP contribution in [0.5, 0.6) is 5.75 Å². The van der Waals surface area contributed by atoms with E-state index in [-0.39, 0.29) is 5.41 Å². The molecule has 1 fully saturated rings. The molecule has 0 bridgehead atoms. The molecule has 0 saturated carbocycles. The first-order valence-corrected chi connectivity index (χ1v) is 18.4. The number of anilines is 1. The van der Waals surface area contributed by atoms with Crippen molar-refractivity contribution < 1.29 is 9.47 Å². The van der Waals surface area contributed by atoms with Gasteiger partial charge in [0.05, 0.1) is 13.2 Å². The largest absolute Gasteiger partial charge is 0.469 e. The minimum absolute atomic E-state index is 0.234. The van der Waals surface area contributed by atoms with Crippen LogP contribution >= 0.6 is 0 Å². The van der Waals surface area contributed by atoms with E-state index in [2.05, 4.69) is 104 Å². The summed E-state index contributed by atoms with van der Waals surface area (Å²) in [6.45, 7) is 7.83. The molecule has 0 amide bonds. The van der Waals surface area contributed by atoms with Crippen molar-refractivity contribution in [3.8, 4) is 39.7 Å². The van der Waals surface area contributed by atoms with Crippen LogP contribution in [0.2, 0.25) is 0 Å². The molecule has 0 spiro atoms. The first-order valence-electron chi connectivity index (χ1n) is 18.4. The Hall–Kier alpha value is -6.11. The van der Waals surface area contributed by atoms with Gasteiger partial charge in [-0.15, -0.1) is 0 Å². The topological polar surface area (TPSA) is 60.4 Å². The lowest BCUT2D eigenvalue weighted by Gasteiger charge is -2.37. The van der Waals surface area contributed by atoms with Crippen molar-refractivity contribution in [1.82, 2.24) is 15.0 Å². The summed E-state index contributed by atoms with van der Waals surface area (Å²) in [5.41, 5.74) is 8.79. The Morgan fingerprint density at radius 3 is 1.91 bits per heavy atom. The number of aromatic nitrogens is 3. The van der Waals surface area contributed by atoms with Crippen LogP contribution in [0.4, 0.5) is 5.69 Å². The number of morpholine rings is 1. The Labute approximate surface area is 309 Å². The van der Waals surface area contributed by atoms with Gasteiger partial charge in [-0.3, -0.25) is 0 Å². The summed E-state index contributed by atoms with van der Waals surface area (Å²) in [7, 11) is 0. The smallest absolute Gasteiger partial charge is 0.212 e. The second-order valence-corrected chi connectivity index (χ2v) is 14.6. The van der Waals surface area contributed by atoms with E-state index in [1.807, 2.05) is 60.7 Å². The van der Waals surface area contributed by atoms with Gasteiger partial charge < -0.3 is 14.4 Å². The van der Waals surface area contributed by atoms with Crippen LogP contribution in [0.1, 0.15) is 41.9 Å². The molecule has 1 atom stereocenters. The zero-order valence-corrected chi connectivity index (χ0v) is 29.8. The molecule has 0 radical (unpaired) electrons. The molecule has 1 saturated heterocycles. The molecule has 6 aromatic carbocycles. The quantitative estimate of drug-likeness (QED) is 0.179. The van der Waals surface area contributed by atoms with Gasteiger partial charge in [-0.2, -0.15) is 0 Å². The van der Waals surface area contributed by atoms with Crippen LogP contribution in [0.15, 0.2) is 140 Å². The van der Waals surface area contributed by atoms with Crippen LogP contribution in [0, 0.1) is 0 Å². The predicted octanol–water partition coefficient (Wildman–Crippen LogP) is 9.85. The molecule has 10 rings (SSSR count). The third-order valence-corrected chi connectivity index (χ3v) is 11.2. The monoisotopic (exact) mass is 690 g/mol. The number of rotatable bonds is 5. The Balaban J connectivity index is 1.24. The second-order valence-electron chi connectivity index (χ2n) is 14.6. The highest BCUT2D eigenvalue weighted by atomic mass is 16.5. The standard InChI is InChI=1S/C47H38N4O2/c1-46(2)39-20-12-11-19-37(39)40-35-17-9-10-18-36(35)42-38(41(40)46)25-26-47(53-42,33-21-23-34(24-22-33)51-27-29-52-30-28-51)45-49-43(31-13-5-3-6-14-31)48-44(50-45)32-15-7-4-8-16-32/h3-26H,27-30H2,1-2H3. The van der Waals surface area contributed by atoms with Crippen LogP contribution in [-0.2, 0) is 15.8 Å². The third kappa shape index (κ3) is 5.01. The van der Waals surface area contributed by atoms with E-state index in [1.165, 1.54) is 27.6 Å². The van der Waals surface area contributed by atoms with Crippen LogP contribution in [0.3, 0.4) is 0 Å². The molecule has 0 N–H and O–H groups in total. The van der Waals surface area contributed by atoms with Crippen molar-refractivity contribution in [2.45, 2.75) is 24.9 Å². The Bertz CT molecular complexity index is 2480. The Morgan fingerprint density at radius 1 is 0.623 bits per heavy atom. The Morgan fingerprint density at radius 2 is 1.23 bits per heavy atom. The van der Waals surface area contributed by atoms with Gasteiger partial charge >= 0.3 is 0 Å². The van der Waals surface area contributed by atoms with Gasteiger partial charge in [-0.1, -0.05) is 141 Å². The highest BCUT2D eigenvalue weighted by molar-refractivity contribution is 6.08. The molecule has 258 valence electrons.